The first-order valence-corrected chi connectivity index (χ1v) is 9.66. The zero-order valence-corrected chi connectivity index (χ0v) is 15.8. The van der Waals surface area contributed by atoms with Crippen molar-refractivity contribution in [3.05, 3.63) is 71.5 Å². The molecule has 1 amide bonds. The minimum absolute atomic E-state index is 0.138. The summed E-state index contributed by atoms with van der Waals surface area (Å²) in [6.45, 7) is 0.760. The molecule has 3 rings (SSSR count). The van der Waals surface area contributed by atoms with Crippen LogP contribution in [0.2, 0.25) is 0 Å². The summed E-state index contributed by atoms with van der Waals surface area (Å²) < 4.78 is 12.9. The lowest BCUT2D eigenvalue weighted by Gasteiger charge is -2.18. The SMILES string of the molecule is CN(CCCC1CC(c2ccccc2)NN1)C(=O)CCc1ccc(F)cc1. The number of halogens is 1. The van der Waals surface area contributed by atoms with E-state index in [-0.39, 0.29) is 11.7 Å². The second-order valence-electron chi connectivity index (χ2n) is 7.27. The van der Waals surface area contributed by atoms with Crippen molar-refractivity contribution in [3.8, 4) is 0 Å². The van der Waals surface area contributed by atoms with Crippen molar-refractivity contribution < 1.29 is 9.18 Å². The highest BCUT2D eigenvalue weighted by atomic mass is 19.1. The standard InChI is InChI=1S/C22H28FN3O/c1-26(22(27)14-11-17-9-12-19(23)13-10-17)15-5-8-20-16-21(25-24-20)18-6-3-2-4-7-18/h2-4,6-7,9-10,12-13,20-21,24-25H,5,8,11,14-16H2,1H3. The van der Waals surface area contributed by atoms with Gasteiger partial charge in [-0.05, 0) is 48.9 Å². The molecule has 0 aliphatic carbocycles. The summed E-state index contributed by atoms with van der Waals surface area (Å²) in [6, 6.07) is 17.6. The predicted molar refractivity (Wildman–Crippen MR) is 105 cm³/mol. The first kappa shape index (κ1) is 19.5. The number of rotatable bonds is 8. The summed E-state index contributed by atoms with van der Waals surface area (Å²) in [5, 5.41) is 0. The van der Waals surface area contributed by atoms with Crippen molar-refractivity contribution in [1.82, 2.24) is 15.8 Å². The van der Waals surface area contributed by atoms with E-state index < -0.39 is 0 Å². The van der Waals surface area contributed by atoms with Gasteiger partial charge in [0.2, 0.25) is 5.91 Å². The van der Waals surface area contributed by atoms with Crippen molar-refractivity contribution in [2.24, 2.45) is 0 Å². The van der Waals surface area contributed by atoms with Gasteiger partial charge in [0.05, 0.1) is 0 Å². The predicted octanol–water partition coefficient (Wildman–Crippen LogP) is 3.60. The van der Waals surface area contributed by atoms with Crippen LogP contribution in [0.15, 0.2) is 54.6 Å². The molecule has 1 fully saturated rings. The average molecular weight is 369 g/mol. The number of hydrogen-bond acceptors (Lipinski definition) is 3. The molecule has 0 radical (unpaired) electrons. The molecule has 0 aromatic heterocycles. The molecule has 2 aromatic rings. The fraction of sp³-hybridized carbons (Fsp3) is 0.409. The summed E-state index contributed by atoms with van der Waals surface area (Å²) >= 11 is 0. The molecule has 2 N–H and O–H groups in total. The third-order valence-corrected chi connectivity index (χ3v) is 5.20. The average Bonchev–Trinajstić information content (AvgIpc) is 3.17. The summed E-state index contributed by atoms with van der Waals surface area (Å²) in [6.07, 6.45) is 4.18. The molecule has 0 saturated carbocycles. The van der Waals surface area contributed by atoms with E-state index in [4.69, 9.17) is 0 Å². The van der Waals surface area contributed by atoms with Crippen LogP contribution in [-0.4, -0.2) is 30.4 Å². The third kappa shape index (κ3) is 5.88. The Morgan fingerprint density at radius 1 is 1.11 bits per heavy atom. The number of nitrogens with zero attached hydrogens (tertiary/aromatic N) is 1. The number of nitrogens with one attached hydrogen (secondary N) is 2. The topological polar surface area (TPSA) is 44.4 Å². The molecule has 1 aliphatic heterocycles. The van der Waals surface area contributed by atoms with Gasteiger partial charge in [-0.25, -0.2) is 4.39 Å². The van der Waals surface area contributed by atoms with Gasteiger partial charge < -0.3 is 4.90 Å². The van der Waals surface area contributed by atoms with Gasteiger partial charge in [-0.15, -0.1) is 0 Å². The number of hydrogen-bond donors (Lipinski definition) is 2. The van der Waals surface area contributed by atoms with E-state index in [2.05, 4.69) is 35.1 Å². The van der Waals surface area contributed by atoms with Gasteiger partial charge in [-0.1, -0.05) is 42.5 Å². The second-order valence-corrected chi connectivity index (χ2v) is 7.27. The van der Waals surface area contributed by atoms with Gasteiger partial charge in [0.25, 0.3) is 0 Å². The highest BCUT2D eigenvalue weighted by Crippen LogP contribution is 2.23. The van der Waals surface area contributed by atoms with Gasteiger partial charge in [-0.3, -0.25) is 15.6 Å². The van der Waals surface area contributed by atoms with Gasteiger partial charge in [-0.2, -0.15) is 0 Å². The normalized spacial score (nSPS) is 19.2. The Morgan fingerprint density at radius 3 is 2.59 bits per heavy atom. The van der Waals surface area contributed by atoms with E-state index in [0.717, 1.165) is 31.4 Å². The maximum Gasteiger partial charge on any atom is 0.222 e. The molecule has 144 valence electrons. The second kappa shape index (κ2) is 9.62. The summed E-state index contributed by atoms with van der Waals surface area (Å²) in [4.78, 5) is 14.1. The molecular weight excluding hydrogens is 341 g/mol. The fourth-order valence-corrected chi connectivity index (χ4v) is 3.51. The Labute approximate surface area is 160 Å². The van der Waals surface area contributed by atoms with Crippen molar-refractivity contribution in [3.63, 3.8) is 0 Å². The van der Waals surface area contributed by atoms with E-state index in [1.54, 1.807) is 17.0 Å². The van der Waals surface area contributed by atoms with E-state index in [1.807, 2.05) is 13.1 Å². The number of carbonyl (C=O) groups is 1. The molecule has 1 aliphatic rings. The zero-order chi connectivity index (χ0) is 19.1. The van der Waals surface area contributed by atoms with Crippen LogP contribution in [0.5, 0.6) is 0 Å². The zero-order valence-electron chi connectivity index (χ0n) is 15.8. The number of carbonyl (C=O) groups excluding carboxylic acids is 1. The van der Waals surface area contributed by atoms with E-state index in [9.17, 15) is 9.18 Å². The lowest BCUT2D eigenvalue weighted by Crippen LogP contribution is -2.32. The molecular formula is C22H28FN3O. The first-order chi connectivity index (χ1) is 13.1. The Balaban J connectivity index is 1.34. The Morgan fingerprint density at radius 2 is 1.85 bits per heavy atom. The van der Waals surface area contributed by atoms with Crippen LogP contribution in [0.25, 0.3) is 0 Å². The van der Waals surface area contributed by atoms with Crippen molar-refractivity contribution in [2.75, 3.05) is 13.6 Å². The highest BCUT2D eigenvalue weighted by Gasteiger charge is 2.24. The van der Waals surface area contributed by atoms with E-state index in [1.165, 1.54) is 17.7 Å². The highest BCUT2D eigenvalue weighted by molar-refractivity contribution is 5.76. The maximum absolute atomic E-state index is 12.9. The molecule has 0 bridgehead atoms. The maximum atomic E-state index is 12.9. The van der Waals surface area contributed by atoms with Crippen LogP contribution >= 0.6 is 0 Å². The quantitative estimate of drug-likeness (QED) is 0.747. The molecule has 1 saturated heterocycles. The molecule has 2 atom stereocenters. The lowest BCUT2D eigenvalue weighted by molar-refractivity contribution is -0.129. The Kier molecular flexibility index (Phi) is 6.96. The van der Waals surface area contributed by atoms with Crippen molar-refractivity contribution >= 4 is 5.91 Å². The van der Waals surface area contributed by atoms with E-state index in [0.29, 0.717) is 24.9 Å². The fourth-order valence-electron chi connectivity index (χ4n) is 3.51. The minimum Gasteiger partial charge on any atom is -0.346 e. The largest absolute Gasteiger partial charge is 0.346 e. The van der Waals surface area contributed by atoms with Crippen LogP contribution in [-0.2, 0) is 11.2 Å². The lowest BCUT2D eigenvalue weighted by atomic mass is 10.00. The van der Waals surface area contributed by atoms with Gasteiger partial charge in [0.1, 0.15) is 5.82 Å². The molecule has 4 nitrogen and oxygen atoms in total. The molecule has 0 spiro atoms. The number of aryl methyl sites for hydroxylation is 1. The van der Waals surface area contributed by atoms with Crippen LogP contribution in [0.3, 0.4) is 0 Å². The van der Waals surface area contributed by atoms with Gasteiger partial charge >= 0.3 is 0 Å². The third-order valence-electron chi connectivity index (χ3n) is 5.20. The molecule has 1 heterocycles. The summed E-state index contributed by atoms with van der Waals surface area (Å²) in [7, 11) is 1.86. The summed E-state index contributed by atoms with van der Waals surface area (Å²) in [5.41, 5.74) is 9.04. The molecule has 27 heavy (non-hydrogen) atoms. The van der Waals surface area contributed by atoms with Crippen LogP contribution in [0.1, 0.15) is 42.9 Å². The Hall–Kier alpha value is -2.24. The number of benzene rings is 2. The monoisotopic (exact) mass is 369 g/mol. The summed E-state index contributed by atoms with van der Waals surface area (Å²) in [5.74, 6) is -0.106. The van der Waals surface area contributed by atoms with Gasteiger partial charge in [0, 0.05) is 32.1 Å². The molecule has 2 aromatic carbocycles. The minimum atomic E-state index is -0.244. The number of hydrazine groups is 1. The first-order valence-electron chi connectivity index (χ1n) is 9.66. The Bertz CT molecular complexity index is 720. The van der Waals surface area contributed by atoms with Gasteiger partial charge in [0.15, 0.2) is 0 Å². The van der Waals surface area contributed by atoms with Crippen molar-refractivity contribution in [2.45, 2.75) is 44.2 Å². The molecule has 2 unspecified atom stereocenters. The van der Waals surface area contributed by atoms with Crippen LogP contribution < -0.4 is 10.9 Å². The van der Waals surface area contributed by atoms with E-state index >= 15 is 0 Å². The number of amides is 1. The smallest absolute Gasteiger partial charge is 0.222 e. The van der Waals surface area contributed by atoms with Crippen LogP contribution in [0.4, 0.5) is 4.39 Å². The van der Waals surface area contributed by atoms with Crippen molar-refractivity contribution in [1.29, 1.82) is 0 Å². The molecule has 5 heteroatoms. The van der Waals surface area contributed by atoms with Crippen LogP contribution in [0, 0.1) is 5.82 Å².